The van der Waals surface area contributed by atoms with E-state index in [2.05, 4.69) is 9.98 Å². The van der Waals surface area contributed by atoms with Gasteiger partial charge in [0.1, 0.15) is 5.82 Å². The Bertz CT molecular complexity index is 1060. The Morgan fingerprint density at radius 2 is 2.00 bits per heavy atom. The van der Waals surface area contributed by atoms with Gasteiger partial charge in [0.25, 0.3) is 0 Å². The van der Waals surface area contributed by atoms with Crippen molar-refractivity contribution < 1.29 is 19.1 Å². The minimum atomic E-state index is -0.546. The number of hydrogen-bond donors (Lipinski definition) is 0. The van der Waals surface area contributed by atoms with Crippen molar-refractivity contribution in [1.82, 2.24) is 9.88 Å². The number of hydrogen-bond acceptors (Lipinski definition) is 6. The maximum atomic E-state index is 13.4. The van der Waals surface area contributed by atoms with Gasteiger partial charge in [-0.15, -0.1) is 0 Å². The molecule has 8 heteroatoms. The molecule has 2 aliphatic rings. The number of carbonyl (C=O) groups is 3. The smallest absolute Gasteiger partial charge is 0.339 e. The summed E-state index contributed by atoms with van der Waals surface area (Å²) in [5.41, 5.74) is 2.08. The summed E-state index contributed by atoms with van der Waals surface area (Å²) >= 11 is 0. The zero-order chi connectivity index (χ0) is 20.4. The van der Waals surface area contributed by atoms with Crippen molar-refractivity contribution in [1.29, 1.82) is 0 Å². The lowest BCUT2D eigenvalue weighted by Crippen LogP contribution is -2.47. The van der Waals surface area contributed by atoms with Gasteiger partial charge in [-0.2, -0.15) is 0 Å². The number of aliphatic imine (C=N–C) groups is 1. The molecule has 1 aromatic carbocycles. The number of benzene rings is 1. The predicted octanol–water partition coefficient (Wildman–Crippen LogP) is 2.87. The number of carbonyl (C=O) groups excluding carboxylic acids is 3. The van der Waals surface area contributed by atoms with E-state index in [4.69, 9.17) is 4.74 Å². The van der Waals surface area contributed by atoms with Gasteiger partial charge < -0.3 is 9.64 Å². The summed E-state index contributed by atoms with van der Waals surface area (Å²) in [5.74, 6) is -0.128. The Morgan fingerprint density at radius 3 is 2.79 bits per heavy atom. The van der Waals surface area contributed by atoms with Crippen LogP contribution in [0.3, 0.4) is 0 Å². The van der Waals surface area contributed by atoms with Crippen LogP contribution in [-0.4, -0.2) is 47.0 Å². The van der Waals surface area contributed by atoms with Crippen LogP contribution in [0, 0.1) is 0 Å². The van der Waals surface area contributed by atoms with E-state index in [0.29, 0.717) is 23.8 Å². The molecular weight excluding hydrogens is 372 g/mol. The zero-order valence-corrected chi connectivity index (χ0v) is 15.7. The van der Waals surface area contributed by atoms with E-state index in [0.717, 1.165) is 5.56 Å². The fraction of sp³-hybridized carbons (Fsp3) is 0.190. The molecule has 2 aromatic rings. The van der Waals surface area contributed by atoms with Crippen LogP contribution in [0.25, 0.3) is 0 Å². The molecule has 0 fully saturated rings. The van der Waals surface area contributed by atoms with E-state index in [1.54, 1.807) is 41.4 Å². The van der Waals surface area contributed by atoms with Crippen LogP contribution in [0.1, 0.15) is 22.3 Å². The van der Waals surface area contributed by atoms with Gasteiger partial charge in [0.05, 0.1) is 37.9 Å². The molecule has 2 amide bonds. The monoisotopic (exact) mass is 390 g/mol. The number of urea groups is 1. The van der Waals surface area contributed by atoms with Crippen LogP contribution < -0.4 is 4.90 Å². The normalized spacial score (nSPS) is 15.8. The summed E-state index contributed by atoms with van der Waals surface area (Å²) in [5, 5.41) is 0. The molecule has 146 valence electrons. The molecule has 0 atom stereocenters. The summed E-state index contributed by atoms with van der Waals surface area (Å²) in [6.45, 7) is 0.538. The Hall–Kier alpha value is -3.81. The van der Waals surface area contributed by atoms with Gasteiger partial charge in [-0.25, -0.2) is 19.5 Å². The van der Waals surface area contributed by atoms with Gasteiger partial charge in [0, 0.05) is 23.7 Å². The molecular formula is C21H18N4O4. The Morgan fingerprint density at radius 1 is 1.17 bits per heavy atom. The predicted molar refractivity (Wildman–Crippen MR) is 106 cm³/mol. The number of fused-ring (bicyclic) bond motifs is 1. The maximum Gasteiger partial charge on any atom is 0.339 e. The molecule has 0 bridgehead atoms. The fourth-order valence-corrected chi connectivity index (χ4v) is 3.40. The first-order chi connectivity index (χ1) is 14.1. The number of aromatic nitrogens is 1. The number of ether oxygens (including phenoxy) is 1. The van der Waals surface area contributed by atoms with Crippen LogP contribution in [0.15, 0.2) is 59.9 Å². The number of esters is 1. The number of amides is 2. The Balaban J connectivity index is 1.76. The van der Waals surface area contributed by atoms with E-state index in [9.17, 15) is 14.4 Å². The van der Waals surface area contributed by atoms with Crippen LogP contribution >= 0.6 is 0 Å². The first-order valence-corrected chi connectivity index (χ1v) is 9.03. The van der Waals surface area contributed by atoms with E-state index in [-0.39, 0.29) is 30.3 Å². The third kappa shape index (κ3) is 3.52. The summed E-state index contributed by atoms with van der Waals surface area (Å²) in [4.78, 5) is 49.0. The van der Waals surface area contributed by atoms with Crippen molar-refractivity contribution in [3.05, 3.63) is 66.0 Å². The number of rotatable bonds is 4. The van der Waals surface area contributed by atoms with Crippen LogP contribution in [0.5, 0.6) is 0 Å². The summed E-state index contributed by atoms with van der Waals surface area (Å²) in [7, 11) is 1.29. The van der Waals surface area contributed by atoms with Crippen molar-refractivity contribution in [3.63, 3.8) is 0 Å². The maximum absolute atomic E-state index is 13.4. The van der Waals surface area contributed by atoms with Crippen molar-refractivity contribution in [2.75, 3.05) is 18.6 Å². The van der Waals surface area contributed by atoms with Crippen LogP contribution in [0.2, 0.25) is 0 Å². The van der Waals surface area contributed by atoms with E-state index >= 15 is 0 Å². The first-order valence-electron chi connectivity index (χ1n) is 9.03. The minimum absolute atomic E-state index is 0.0468. The number of allylic oxidation sites excluding steroid dienone is 1. The quantitative estimate of drug-likeness (QED) is 0.749. The third-order valence-corrected chi connectivity index (χ3v) is 4.72. The number of methoxy groups -OCH3 is 1. The minimum Gasteiger partial charge on any atom is -0.465 e. The fourth-order valence-electron chi connectivity index (χ4n) is 3.40. The molecule has 8 nitrogen and oxygen atoms in total. The van der Waals surface area contributed by atoms with Crippen LogP contribution in [0.4, 0.5) is 16.3 Å². The second-order valence-electron chi connectivity index (χ2n) is 6.62. The van der Waals surface area contributed by atoms with E-state index < -0.39 is 5.97 Å². The average molecular weight is 390 g/mol. The van der Waals surface area contributed by atoms with Crippen molar-refractivity contribution in [3.8, 4) is 0 Å². The highest BCUT2D eigenvalue weighted by molar-refractivity contribution is 6.12. The summed E-state index contributed by atoms with van der Waals surface area (Å²) in [6.07, 6.45) is 4.65. The number of nitrogens with zero attached hydrogens (tertiary/aromatic N) is 4. The standard InChI is InChI=1S/C21H18N4O4/c1-29-20(27)17-6-2-3-7-18(17)25-19-14(5-4-9-23-19)12-24(21(25)28)13-15-11-16(26)8-10-22-15/h2-10H,11-13H2,1H3. The van der Waals surface area contributed by atoms with Gasteiger partial charge in [-0.3, -0.25) is 9.79 Å². The second kappa shape index (κ2) is 7.67. The number of ketones is 1. The van der Waals surface area contributed by atoms with Gasteiger partial charge in [-0.05, 0) is 24.3 Å². The van der Waals surface area contributed by atoms with Gasteiger partial charge in [0.2, 0.25) is 0 Å². The van der Waals surface area contributed by atoms with Crippen molar-refractivity contribution in [2.45, 2.75) is 13.0 Å². The zero-order valence-electron chi connectivity index (χ0n) is 15.7. The second-order valence-corrected chi connectivity index (χ2v) is 6.62. The number of anilines is 2. The first kappa shape index (κ1) is 18.5. The van der Waals surface area contributed by atoms with Gasteiger partial charge in [0.15, 0.2) is 5.78 Å². The lowest BCUT2D eigenvalue weighted by atomic mass is 10.1. The summed E-state index contributed by atoms with van der Waals surface area (Å²) < 4.78 is 4.88. The number of para-hydroxylation sites is 1. The average Bonchev–Trinajstić information content (AvgIpc) is 2.74. The molecule has 4 rings (SSSR count). The molecule has 29 heavy (non-hydrogen) atoms. The van der Waals surface area contributed by atoms with Gasteiger partial charge >= 0.3 is 12.0 Å². The van der Waals surface area contributed by atoms with Crippen LogP contribution in [-0.2, 0) is 16.1 Å². The lowest BCUT2D eigenvalue weighted by molar-refractivity contribution is -0.113. The molecule has 0 N–H and O–H groups in total. The van der Waals surface area contributed by atoms with E-state index in [1.165, 1.54) is 24.3 Å². The molecule has 0 saturated heterocycles. The molecule has 2 aliphatic heterocycles. The van der Waals surface area contributed by atoms with Gasteiger partial charge in [-0.1, -0.05) is 18.2 Å². The molecule has 0 aliphatic carbocycles. The molecule has 0 unspecified atom stereocenters. The van der Waals surface area contributed by atoms with Crippen molar-refractivity contribution in [2.24, 2.45) is 4.99 Å². The molecule has 1 aromatic heterocycles. The Labute approximate surface area is 167 Å². The molecule has 0 spiro atoms. The molecule has 0 radical (unpaired) electrons. The summed E-state index contributed by atoms with van der Waals surface area (Å²) in [6, 6.07) is 10.0. The Kier molecular flexibility index (Phi) is 4.90. The van der Waals surface area contributed by atoms with Crippen molar-refractivity contribution >= 4 is 35.0 Å². The SMILES string of the molecule is COC(=O)c1ccccc1N1C(=O)N(CC2=NC=CC(=O)C2)Cc2cccnc21. The highest BCUT2D eigenvalue weighted by Crippen LogP contribution is 2.35. The third-order valence-electron chi connectivity index (χ3n) is 4.72. The topological polar surface area (TPSA) is 92.2 Å². The highest BCUT2D eigenvalue weighted by atomic mass is 16.5. The highest BCUT2D eigenvalue weighted by Gasteiger charge is 2.35. The molecule has 3 heterocycles. The number of pyridine rings is 1. The van der Waals surface area contributed by atoms with E-state index in [1.807, 2.05) is 6.07 Å². The molecule has 0 saturated carbocycles. The lowest BCUT2D eigenvalue weighted by Gasteiger charge is -2.36. The largest absolute Gasteiger partial charge is 0.465 e.